The minimum atomic E-state index is -0.255. The molecule has 22 heavy (non-hydrogen) atoms. The van der Waals surface area contributed by atoms with Gasteiger partial charge in [0.1, 0.15) is 5.75 Å². The van der Waals surface area contributed by atoms with Crippen molar-refractivity contribution < 1.29 is 23.9 Å². The zero-order valence-corrected chi connectivity index (χ0v) is 12.9. The Morgan fingerprint density at radius 1 is 1.27 bits per heavy atom. The molecule has 0 unspecified atom stereocenters. The molecule has 120 valence electrons. The van der Waals surface area contributed by atoms with Crippen LogP contribution in [-0.4, -0.2) is 31.4 Å². The zero-order valence-electron chi connectivity index (χ0n) is 12.9. The minimum absolute atomic E-state index is 0.219. The van der Waals surface area contributed by atoms with Gasteiger partial charge in [-0.1, -0.05) is 6.07 Å². The number of amides is 1. The van der Waals surface area contributed by atoms with E-state index in [0.717, 1.165) is 0 Å². The summed E-state index contributed by atoms with van der Waals surface area (Å²) in [5.41, 5.74) is 0.731. The molecule has 0 spiro atoms. The fraction of sp³-hybridized carbons (Fsp3) is 0.438. The molecule has 0 radical (unpaired) electrons. The Bertz CT molecular complexity index is 527. The quantitative estimate of drug-likeness (QED) is 0.431. The van der Waals surface area contributed by atoms with E-state index in [0.29, 0.717) is 55.8 Å². The topological polar surface area (TPSA) is 81.7 Å². The fourth-order valence-corrected chi connectivity index (χ4v) is 1.88. The molecule has 0 saturated heterocycles. The van der Waals surface area contributed by atoms with Crippen LogP contribution in [0.3, 0.4) is 0 Å². The molecule has 1 aromatic rings. The van der Waals surface area contributed by atoms with Gasteiger partial charge in [-0.2, -0.15) is 0 Å². The number of esters is 1. The van der Waals surface area contributed by atoms with Gasteiger partial charge < -0.3 is 14.8 Å². The van der Waals surface area contributed by atoms with Crippen LogP contribution in [-0.2, 0) is 14.3 Å². The standard InChI is InChI=1S/C16H21NO5/c1-3-21-16(20)9-4-5-10-22-15-8-6-7-14(13(15)11-18)17-12(2)19/h6-8,11H,3-5,9-10H2,1-2H3,(H,17,19). The first kappa shape index (κ1) is 17.7. The molecule has 6 nitrogen and oxygen atoms in total. The van der Waals surface area contributed by atoms with Crippen LogP contribution in [0.15, 0.2) is 18.2 Å². The van der Waals surface area contributed by atoms with Gasteiger partial charge >= 0.3 is 5.97 Å². The summed E-state index contributed by atoms with van der Waals surface area (Å²) in [6, 6.07) is 5.01. The summed E-state index contributed by atoms with van der Waals surface area (Å²) in [5.74, 6) is -0.0594. The SMILES string of the molecule is CCOC(=O)CCCCOc1cccc(NC(C)=O)c1C=O. The minimum Gasteiger partial charge on any atom is -0.493 e. The smallest absolute Gasteiger partial charge is 0.305 e. The molecule has 0 atom stereocenters. The highest BCUT2D eigenvalue weighted by Gasteiger charge is 2.10. The van der Waals surface area contributed by atoms with Crippen molar-refractivity contribution in [2.75, 3.05) is 18.5 Å². The molecule has 0 aliphatic heterocycles. The van der Waals surface area contributed by atoms with E-state index >= 15 is 0 Å². The largest absolute Gasteiger partial charge is 0.493 e. The number of carbonyl (C=O) groups is 3. The number of carbonyl (C=O) groups excluding carboxylic acids is 3. The molecule has 0 bridgehead atoms. The maximum Gasteiger partial charge on any atom is 0.305 e. The second kappa shape index (κ2) is 9.55. The highest BCUT2D eigenvalue weighted by Crippen LogP contribution is 2.25. The third-order valence-corrected chi connectivity index (χ3v) is 2.83. The van der Waals surface area contributed by atoms with Gasteiger partial charge in [0.25, 0.3) is 0 Å². The van der Waals surface area contributed by atoms with Crippen molar-refractivity contribution in [1.82, 2.24) is 0 Å². The lowest BCUT2D eigenvalue weighted by Gasteiger charge is -2.12. The summed E-state index contributed by atoms with van der Waals surface area (Å²) < 4.78 is 10.4. The van der Waals surface area contributed by atoms with Crippen LogP contribution >= 0.6 is 0 Å². The Morgan fingerprint density at radius 2 is 2.05 bits per heavy atom. The summed E-state index contributed by atoms with van der Waals surface area (Å²) >= 11 is 0. The first-order valence-corrected chi connectivity index (χ1v) is 7.22. The predicted octanol–water partition coefficient (Wildman–Crippen LogP) is 2.57. The van der Waals surface area contributed by atoms with Crippen LogP contribution in [0.4, 0.5) is 5.69 Å². The summed E-state index contributed by atoms with van der Waals surface area (Å²) in [4.78, 5) is 33.5. The maximum absolute atomic E-state index is 11.2. The van der Waals surface area contributed by atoms with Crippen LogP contribution in [0, 0.1) is 0 Å². The van der Waals surface area contributed by atoms with Gasteiger partial charge in [0, 0.05) is 13.3 Å². The Hall–Kier alpha value is -2.37. The Labute approximate surface area is 129 Å². The normalized spacial score (nSPS) is 9.91. The lowest BCUT2D eigenvalue weighted by molar-refractivity contribution is -0.143. The maximum atomic E-state index is 11.2. The molecule has 1 N–H and O–H groups in total. The van der Waals surface area contributed by atoms with Crippen LogP contribution in [0.1, 0.15) is 43.5 Å². The van der Waals surface area contributed by atoms with Crippen molar-refractivity contribution in [2.45, 2.75) is 33.1 Å². The number of nitrogens with one attached hydrogen (secondary N) is 1. The second-order valence-corrected chi connectivity index (χ2v) is 4.63. The Balaban J connectivity index is 2.50. The molecular weight excluding hydrogens is 286 g/mol. The third kappa shape index (κ3) is 5.95. The molecule has 1 rings (SSSR count). The molecule has 0 saturated carbocycles. The van der Waals surface area contributed by atoms with Gasteiger partial charge in [0.05, 0.1) is 24.5 Å². The number of unbranched alkanes of at least 4 members (excludes halogenated alkanes) is 1. The van der Waals surface area contributed by atoms with Crippen LogP contribution < -0.4 is 10.1 Å². The van der Waals surface area contributed by atoms with E-state index in [9.17, 15) is 14.4 Å². The van der Waals surface area contributed by atoms with E-state index < -0.39 is 0 Å². The van der Waals surface area contributed by atoms with Crippen molar-refractivity contribution in [3.63, 3.8) is 0 Å². The van der Waals surface area contributed by atoms with Gasteiger partial charge in [-0.05, 0) is 31.9 Å². The zero-order chi connectivity index (χ0) is 16.4. The summed E-state index contributed by atoms with van der Waals surface area (Å²) in [7, 11) is 0. The molecular formula is C16H21NO5. The molecule has 6 heteroatoms. The average Bonchev–Trinajstić information content (AvgIpc) is 2.46. The number of rotatable bonds is 9. The number of aldehydes is 1. The van der Waals surface area contributed by atoms with Crippen molar-refractivity contribution >= 4 is 23.9 Å². The number of hydrogen-bond acceptors (Lipinski definition) is 5. The Kier molecular flexibility index (Phi) is 7.67. The summed E-state index contributed by atoms with van der Waals surface area (Å²) in [6.07, 6.45) is 2.32. The highest BCUT2D eigenvalue weighted by atomic mass is 16.5. The first-order valence-electron chi connectivity index (χ1n) is 7.22. The van der Waals surface area contributed by atoms with Gasteiger partial charge in [0.2, 0.25) is 5.91 Å². The summed E-state index contributed by atoms with van der Waals surface area (Å²) in [5, 5.41) is 2.58. The third-order valence-electron chi connectivity index (χ3n) is 2.83. The number of hydrogen-bond donors (Lipinski definition) is 1. The van der Waals surface area contributed by atoms with E-state index in [2.05, 4.69) is 5.32 Å². The van der Waals surface area contributed by atoms with E-state index in [4.69, 9.17) is 9.47 Å². The van der Waals surface area contributed by atoms with Gasteiger partial charge in [-0.25, -0.2) is 0 Å². The van der Waals surface area contributed by atoms with E-state index in [1.807, 2.05) is 0 Å². The number of benzene rings is 1. The molecule has 1 amide bonds. The first-order chi connectivity index (χ1) is 10.6. The Morgan fingerprint density at radius 3 is 2.68 bits per heavy atom. The lowest BCUT2D eigenvalue weighted by Crippen LogP contribution is -2.09. The van der Waals surface area contributed by atoms with Crippen molar-refractivity contribution in [1.29, 1.82) is 0 Å². The molecule has 0 heterocycles. The summed E-state index contributed by atoms with van der Waals surface area (Å²) in [6.45, 7) is 3.90. The van der Waals surface area contributed by atoms with Gasteiger partial charge in [0.15, 0.2) is 6.29 Å². The lowest BCUT2D eigenvalue weighted by atomic mass is 10.1. The molecule has 0 aliphatic rings. The van der Waals surface area contributed by atoms with E-state index in [1.54, 1.807) is 25.1 Å². The highest BCUT2D eigenvalue weighted by molar-refractivity contribution is 5.96. The van der Waals surface area contributed by atoms with Crippen LogP contribution in [0.2, 0.25) is 0 Å². The fourth-order valence-electron chi connectivity index (χ4n) is 1.88. The van der Waals surface area contributed by atoms with Crippen molar-refractivity contribution in [2.24, 2.45) is 0 Å². The predicted molar refractivity (Wildman–Crippen MR) is 82.1 cm³/mol. The van der Waals surface area contributed by atoms with Crippen molar-refractivity contribution in [3.8, 4) is 5.75 Å². The molecule has 0 aliphatic carbocycles. The van der Waals surface area contributed by atoms with Gasteiger partial charge in [-0.15, -0.1) is 0 Å². The van der Waals surface area contributed by atoms with Crippen LogP contribution in [0.5, 0.6) is 5.75 Å². The van der Waals surface area contributed by atoms with Gasteiger partial charge in [-0.3, -0.25) is 14.4 Å². The molecule has 0 aromatic heterocycles. The second-order valence-electron chi connectivity index (χ2n) is 4.63. The van der Waals surface area contributed by atoms with E-state index in [-0.39, 0.29) is 11.9 Å². The van der Waals surface area contributed by atoms with Crippen LogP contribution in [0.25, 0.3) is 0 Å². The monoisotopic (exact) mass is 307 g/mol. The molecule has 0 fully saturated rings. The molecule has 1 aromatic carbocycles. The van der Waals surface area contributed by atoms with Crippen molar-refractivity contribution in [3.05, 3.63) is 23.8 Å². The number of anilines is 1. The number of ether oxygens (including phenoxy) is 2. The average molecular weight is 307 g/mol. The van der Waals surface area contributed by atoms with E-state index in [1.165, 1.54) is 6.92 Å².